The zero-order chi connectivity index (χ0) is 23.5. The van der Waals surface area contributed by atoms with Gasteiger partial charge in [-0.2, -0.15) is 5.10 Å². The Hall–Kier alpha value is -3.72. The Bertz CT molecular complexity index is 1070. The van der Waals surface area contributed by atoms with Crippen molar-refractivity contribution >= 4 is 29.4 Å². The molecule has 0 aliphatic heterocycles. The van der Waals surface area contributed by atoms with Crippen LogP contribution in [0.15, 0.2) is 54.7 Å². The van der Waals surface area contributed by atoms with Crippen LogP contribution >= 0.6 is 11.6 Å². The van der Waals surface area contributed by atoms with Crippen LogP contribution in [0.5, 0.6) is 0 Å². The number of nitrogens with one attached hydrogen (secondary N) is 2. The Kier molecular flexibility index (Phi) is 9.37. The van der Waals surface area contributed by atoms with Crippen LogP contribution in [0.4, 0.5) is 4.39 Å². The van der Waals surface area contributed by atoms with E-state index in [-0.39, 0.29) is 42.6 Å². The molecule has 0 spiro atoms. The maximum Gasteiger partial charge on any atom is 0.303 e. The maximum absolute atomic E-state index is 14.2. The number of nitrogens with two attached hydrogens (primary N) is 1. The van der Waals surface area contributed by atoms with Crippen LogP contribution in [0.3, 0.4) is 0 Å². The van der Waals surface area contributed by atoms with Crippen LogP contribution in [0, 0.1) is 5.82 Å². The lowest BCUT2D eigenvalue weighted by atomic mass is 10.0. The van der Waals surface area contributed by atoms with E-state index in [0.29, 0.717) is 5.56 Å². The Labute approximate surface area is 188 Å². The van der Waals surface area contributed by atoms with Crippen molar-refractivity contribution in [2.75, 3.05) is 6.54 Å². The molecular weight excluding hydrogens is 439 g/mol. The van der Waals surface area contributed by atoms with E-state index in [4.69, 9.17) is 22.4 Å². The van der Waals surface area contributed by atoms with Crippen LogP contribution in [-0.4, -0.2) is 39.6 Å². The van der Waals surface area contributed by atoms with E-state index in [0.717, 1.165) is 5.02 Å². The highest BCUT2D eigenvalue weighted by atomic mass is 35.5. The molecule has 0 radical (unpaired) electrons. The number of hydrogen-bond donors (Lipinski definition) is 4. The second kappa shape index (κ2) is 12.2. The maximum atomic E-state index is 14.2. The Morgan fingerprint density at radius 3 is 2.44 bits per heavy atom. The quantitative estimate of drug-likeness (QED) is 0.409. The number of carbonyl (C=O) groups is 3. The lowest BCUT2D eigenvalue weighted by Crippen LogP contribution is -2.28. The molecule has 0 saturated carbocycles. The average molecular weight is 461 g/mol. The molecule has 32 heavy (non-hydrogen) atoms. The summed E-state index contributed by atoms with van der Waals surface area (Å²) in [6.45, 7) is 0.0555. The second-order valence-corrected chi connectivity index (χ2v) is 7.07. The van der Waals surface area contributed by atoms with Gasteiger partial charge in [-0.3, -0.25) is 19.5 Å². The van der Waals surface area contributed by atoms with E-state index in [1.165, 1.54) is 24.4 Å². The number of carbonyl (C=O) groups excluding carboxylic acids is 2. The van der Waals surface area contributed by atoms with Crippen molar-refractivity contribution < 1.29 is 23.9 Å². The highest BCUT2D eigenvalue weighted by Crippen LogP contribution is 2.26. The standard InChI is InChI=1S/C16H17FN4O4.C6H5Cl/c17-12-3-1-9(2-4-14(23)24)7-10(12)15-11(8-20-21-15)16(25)19-6-5-13(18)22;7-6-4-2-1-3-5-6/h1,3,7-8H,2,4-6H2,(H2,18,22)(H,19,25)(H,20,21)(H,23,24);1-5H. The molecular formula is C22H22ClFN4O4. The molecule has 0 atom stereocenters. The number of primary amides is 1. The first-order valence-electron chi connectivity index (χ1n) is 9.59. The van der Waals surface area contributed by atoms with Crippen molar-refractivity contribution in [3.05, 3.63) is 76.7 Å². The molecule has 168 valence electrons. The van der Waals surface area contributed by atoms with Gasteiger partial charge in [0, 0.05) is 30.0 Å². The smallest absolute Gasteiger partial charge is 0.303 e. The van der Waals surface area contributed by atoms with E-state index in [2.05, 4.69) is 15.5 Å². The summed E-state index contributed by atoms with van der Waals surface area (Å²) >= 11 is 5.54. The van der Waals surface area contributed by atoms with Gasteiger partial charge in [0.1, 0.15) is 5.82 Å². The molecule has 0 aliphatic carbocycles. The van der Waals surface area contributed by atoms with E-state index in [1.54, 1.807) is 0 Å². The van der Waals surface area contributed by atoms with Crippen molar-refractivity contribution in [1.29, 1.82) is 0 Å². The molecule has 3 rings (SSSR count). The van der Waals surface area contributed by atoms with Gasteiger partial charge in [0.05, 0.1) is 17.5 Å². The Morgan fingerprint density at radius 2 is 1.84 bits per heavy atom. The first kappa shape index (κ1) is 24.5. The molecule has 0 fully saturated rings. The number of H-pyrrole nitrogens is 1. The zero-order valence-electron chi connectivity index (χ0n) is 17.0. The van der Waals surface area contributed by atoms with Gasteiger partial charge in [-0.15, -0.1) is 0 Å². The van der Waals surface area contributed by atoms with E-state index >= 15 is 0 Å². The molecule has 3 aromatic rings. The largest absolute Gasteiger partial charge is 0.481 e. The Balaban J connectivity index is 0.000000439. The second-order valence-electron chi connectivity index (χ2n) is 6.63. The van der Waals surface area contributed by atoms with Crippen LogP contribution < -0.4 is 11.1 Å². The van der Waals surface area contributed by atoms with E-state index in [9.17, 15) is 18.8 Å². The minimum atomic E-state index is -0.957. The molecule has 1 heterocycles. The third-order valence-corrected chi connectivity index (χ3v) is 4.45. The molecule has 0 unspecified atom stereocenters. The van der Waals surface area contributed by atoms with Crippen molar-refractivity contribution in [3.8, 4) is 11.3 Å². The summed E-state index contributed by atoms with van der Waals surface area (Å²) in [5, 5.41) is 18.4. The topological polar surface area (TPSA) is 138 Å². The molecule has 2 amide bonds. The molecule has 0 saturated heterocycles. The number of hydrogen-bond acceptors (Lipinski definition) is 4. The summed E-state index contributed by atoms with van der Waals surface area (Å²) in [6, 6.07) is 13.6. The predicted molar refractivity (Wildman–Crippen MR) is 118 cm³/mol. The normalized spacial score (nSPS) is 10.1. The number of aromatic amines is 1. The summed E-state index contributed by atoms with van der Waals surface area (Å²) in [5.74, 6) is -2.61. The molecule has 2 aromatic carbocycles. The number of amides is 2. The van der Waals surface area contributed by atoms with Crippen molar-refractivity contribution in [2.45, 2.75) is 19.3 Å². The third-order valence-electron chi connectivity index (χ3n) is 4.20. The summed E-state index contributed by atoms with van der Waals surface area (Å²) in [6.07, 6.45) is 1.38. The van der Waals surface area contributed by atoms with Gasteiger partial charge in [-0.25, -0.2) is 4.39 Å². The number of aryl methyl sites for hydroxylation is 1. The van der Waals surface area contributed by atoms with Gasteiger partial charge in [-0.05, 0) is 36.2 Å². The first-order chi connectivity index (χ1) is 15.3. The lowest BCUT2D eigenvalue weighted by molar-refractivity contribution is -0.137. The number of benzene rings is 2. The van der Waals surface area contributed by atoms with Gasteiger partial charge >= 0.3 is 5.97 Å². The zero-order valence-corrected chi connectivity index (χ0v) is 17.7. The fourth-order valence-corrected chi connectivity index (χ4v) is 2.79. The highest BCUT2D eigenvalue weighted by molar-refractivity contribution is 6.30. The van der Waals surface area contributed by atoms with Gasteiger partial charge in [0.25, 0.3) is 5.91 Å². The monoisotopic (exact) mass is 460 g/mol. The predicted octanol–water partition coefficient (Wildman–Crippen LogP) is 3.18. The van der Waals surface area contributed by atoms with Crippen molar-refractivity contribution in [2.24, 2.45) is 5.73 Å². The molecule has 10 heteroatoms. The first-order valence-corrected chi connectivity index (χ1v) is 9.96. The summed E-state index contributed by atoms with van der Waals surface area (Å²) < 4.78 is 14.2. The Morgan fingerprint density at radius 1 is 1.12 bits per heavy atom. The minimum Gasteiger partial charge on any atom is -0.481 e. The number of carboxylic acids is 1. The highest BCUT2D eigenvalue weighted by Gasteiger charge is 2.18. The average Bonchev–Trinajstić information content (AvgIpc) is 3.23. The number of nitrogens with zero attached hydrogens (tertiary/aromatic N) is 1. The number of carboxylic acid groups (broad SMARTS) is 1. The number of rotatable bonds is 8. The summed E-state index contributed by atoms with van der Waals surface area (Å²) in [7, 11) is 0. The fraction of sp³-hybridized carbons (Fsp3) is 0.182. The lowest BCUT2D eigenvalue weighted by Gasteiger charge is -2.08. The fourth-order valence-electron chi connectivity index (χ4n) is 2.64. The SMILES string of the molecule is Clc1ccccc1.NC(=O)CCNC(=O)c1cn[nH]c1-c1cc(CCC(=O)O)ccc1F. The number of aliphatic carboxylic acids is 1. The number of halogens is 2. The van der Waals surface area contributed by atoms with Crippen molar-refractivity contribution in [1.82, 2.24) is 15.5 Å². The minimum absolute atomic E-state index is 0.0159. The van der Waals surface area contributed by atoms with Crippen LogP contribution in [0.2, 0.25) is 5.02 Å². The molecule has 0 aliphatic rings. The molecule has 0 bridgehead atoms. The summed E-state index contributed by atoms with van der Waals surface area (Å²) in [4.78, 5) is 33.5. The van der Waals surface area contributed by atoms with Gasteiger partial charge in [0.2, 0.25) is 5.91 Å². The summed E-state index contributed by atoms with van der Waals surface area (Å²) in [5.41, 5.74) is 6.02. The van der Waals surface area contributed by atoms with E-state index in [1.807, 2.05) is 30.3 Å². The number of aromatic nitrogens is 2. The van der Waals surface area contributed by atoms with Gasteiger partial charge in [-0.1, -0.05) is 35.9 Å². The molecule has 1 aromatic heterocycles. The van der Waals surface area contributed by atoms with Gasteiger partial charge < -0.3 is 16.2 Å². The van der Waals surface area contributed by atoms with Crippen LogP contribution in [-0.2, 0) is 16.0 Å². The third kappa shape index (κ3) is 7.84. The van der Waals surface area contributed by atoms with Crippen LogP contribution in [0.1, 0.15) is 28.8 Å². The van der Waals surface area contributed by atoms with Crippen molar-refractivity contribution in [3.63, 3.8) is 0 Å². The van der Waals surface area contributed by atoms with E-state index < -0.39 is 23.6 Å². The van der Waals surface area contributed by atoms with Gasteiger partial charge in [0.15, 0.2) is 0 Å². The molecule has 8 nitrogen and oxygen atoms in total. The molecule has 5 N–H and O–H groups in total. The van der Waals surface area contributed by atoms with Crippen LogP contribution in [0.25, 0.3) is 11.3 Å².